The zero-order chi connectivity index (χ0) is 7.40. The molecule has 1 saturated heterocycles. The summed E-state index contributed by atoms with van der Waals surface area (Å²) in [6, 6.07) is 0. The van der Waals surface area contributed by atoms with E-state index in [1.165, 1.54) is 12.8 Å². The third-order valence-corrected chi connectivity index (χ3v) is 2.08. The van der Waals surface area contributed by atoms with Gasteiger partial charge >= 0.3 is 0 Å². The van der Waals surface area contributed by atoms with Crippen molar-refractivity contribution in [3.05, 3.63) is 0 Å². The van der Waals surface area contributed by atoms with E-state index >= 15 is 0 Å². The second-order valence-corrected chi connectivity index (χ2v) is 3.66. The van der Waals surface area contributed by atoms with Crippen LogP contribution in [0.25, 0.3) is 0 Å². The minimum absolute atomic E-state index is 0.811. The molecule has 0 aromatic rings. The van der Waals surface area contributed by atoms with Crippen molar-refractivity contribution in [2.75, 3.05) is 13.2 Å². The third kappa shape index (κ3) is 2.76. The maximum Gasteiger partial charge on any atom is 0.0468 e. The summed E-state index contributed by atoms with van der Waals surface area (Å²) in [4.78, 5) is 1.15. The fourth-order valence-electron chi connectivity index (χ4n) is 1.36. The SMILES string of the molecule is CC(=S)CC1CCOCC1. The molecule has 2 heteroatoms. The Bertz CT molecular complexity index is 116. The number of thiocarbonyl (C=S) groups is 1. The van der Waals surface area contributed by atoms with Crippen LogP contribution in [-0.4, -0.2) is 18.1 Å². The van der Waals surface area contributed by atoms with Crippen molar-refractivity contribution in [2.45, 2.75) is 26.2 Å². The standard InChI is InChI=1S/C8H14OS/c1-7(10)6-8-2-4-9-5-3-8/h8H,2-6H2,1H3. The Hall–Kier alpha value is 0.0500. The van der Waals surface area contributed by atoms with Crippen LogP contribution in [0, 0.1) is 5.92 Å². The summed E-state index contributed by atoms with van der Waals surface area (Å²) in [6.07, 6.45) is 3.53. The van der Waals surface area contributed by atoms with E-state index in [2.05, 4.69) is 0 Å². The Balaban J connectivity index is 2.19. The Morgan fingerprint density at radius 1 is 1.50 bits per heavy atom. The number of ether oxygens (including phenoxy) is 1. The Morgan fingerprint density at radius 2 is 2.10 bits per heavy atom. The van der Waals surface area contributed by atoms with E-state index in [4.69, 9.17) is 17.0 Å². The van der Waals surface area contributed by atoms with Gasteiger partial charge in [-0.05, 0) is 37.0 Å². The van der Waals surface area contributed by atoms with E-state index in [-0.39, 0.29) is 0 Å². The van der Waals surface area contributed by atoms with Gasteiger partial charge in [0.1, 0.15) is 0 Å². The molecule has 1 nitrogen and oxygen atoms in total. The summed E-state index contributed by atoms with van der Waals surface area (Å²) in [7, 11) is 0. The molecule has 1 rings (SSSR count). The quantitative estimate of drug-likeness (QED) is 0.570. The summed E-state index contributed by atoms with van der Waals surface area (Å²) in [5.41, 5.74) is 0. The molecular formula is C8H14OS. The van der Waals surface area contributed by atoms with E-state index in [0.29, 0.717) is 0 Å². The summed E-state index contributed by atoms with van der Waals surface area (Å²) >= 11 is 5.04. The minimum atomic E-state index is 0.811. The second-order valence-electron chi connectivity index (χ2n) is 2.96. The second kappa shape index (κ2) is 4.04. The topological polar surface area (TPSA) is 9.23 Å². The highest BCUT2D eigenvalue weighted by molar-refractivity contribution is 7.80. The lowest BCUT2D eigenvalue weighted by Crippen LogP contribution is -2.17. The van der Waals surface area contributed by atoms with Gasteiger partial charge in [0, 0.05) is 13.2 Å². The first kappa shape index (κ1) is 8.15. The smallest absolute Gasteiger partial charge is 0.0468 e. The Morgan fingerprint density at radius 3 is 2.60 bits per heavy atom. The molecule has 0 unspecified atom stereocenters. The van der Waals surface area contributed by atoms with Crippen LogP contribution >= 0.6 is 12.2 Å². The van der Waals surface area contributed by atoms with E-state index < -0.39 is 0 Å². The van der Waals surface area contributed by atoms with Gasteiger partial charge in [0.15, 0.2) is 0 Å². The van der Waals surface area contributed by atoms with Gasteiger partial charge < -0.3 is 4.74 Å². The maximum absolute atomic E-state index is 5.24. The number of rotatable bonds is 2. The normalized spacial score (nSPS) is 20.9. The molecule has 0 atom stereocenters. The molecule has 0 N–H and O–H groups in total. The van der Waals surface area contributed by atoms with Crippen LogP contribution in [0.4, 0.5) is 0 Å². The van der Waals surface area contributed by atoms with Crippen molar-refractivity contribution in [1.29, 1.82) is 0 Å². The first-order valence-electron chi connectivity index (χ1n) is 3.86. The lowest BCUT2D eigenvalue weighted by atomic mass is 9.95. The number of hydrogen-bond acceptors (Lipinski definition) is 2. The zero-order valence-electron chi connectivity index (χ0n) is 6.43. The lowest BCUT2D eigenvalue weighted by Gasteiger charge is -2.21. The molecule has 0 radical (unpaired) electrons. The molecule has 1 fully saturated rings. The van der Waals surface area contributed by atoms with E-state index in [1.807, 2.05) is 6.92 Å². The van der Waals surface area contributed by atoms with Gasteiger partial charge in [-0.1, -0.05) is 12.2 Å². The van der Waals surface area contributed by atoms with Gasteiger partial charge in [-0.25, -0.2) is 0 Å². The predicted octanol–water partition coefficient (Wildman–Crippen LogP) is 2.19. The van der Waals surface area contributed by atoms with Gasteiger partial charge in [-0.15, -0.1) is 0 Å². The molecule has 0 aromatic carbocycles. The summed E-state index contributed by atoms with van der Waals surface area (Å²) in [5, 5.41) is 0. The van der Waals surface area contributed by atoms with Crippen molar-refractivity contribution in [2.24, 2.45) is 5.92 Å². The highest BCUT2D eigenvalue weighted by Gasteiger charge is 2.13. The minimum Gasteiger partial charge on any atom is -0.381 e. The van der Waals surface area contributed by atoms with Crippen LogP contribution in [0.15, 0.2) is 0 Å². The molecule has 58 valence electrons. The van der Waals surface area contributed by atoms with Gasteiger partial charge in [-0.2, -0.15) is 0 Å². The zero-order valence-corrected chi connectivity index (χ0v) is 7.25. The van der Waals surface area contributed by atoms with Crippen LogP contribution in [0.5, 0.6) is 0 Å². The first-order chi connectivity index (χ1) is 4.79. The fourth-order valence-corrected chi connectivity index (χ4v) is 1.59. The maximum atomic E-state index is 5.24. The van der Waals surface area contributed by atoms with Crippen molar-refractivity contribution >= 4 is 17.1 Å². The van der Waals surface area contributed by atoms with Crippen LogP contribution < -0.4 is 0 Å². The molecule has 1 aliphatic rings. The summed E-state index contributed by atoms with van der Waals surface area (Å²) in [5.74, 6) is 0.811. The molecule has 1 aliphatic heterocycles. The fraction of sp³-hybridized carbons (Fsp3) is 0.875. The molecule has 0 saturated carbocycles. The van der Waals surface area contributed by atoms with Gasteiger partial charge in [-0.3, -0.25) is 0 Å². The van der Waals surface area contributed by atoms with Crippen molar-refractivity contribution < 1.29 is 4.74 Å². The van der Waals surface area contributed by atoms with Crippen LogP contribution in [-0.2, 0) is 4.74 Å². The first-order valence-corrected chi connectivity index (χ1v) is 4.27. The summed E-state index contributed by atoms with van der Waals surface area (Å²) < 4.78 is 5.24. The Kier molecular flexibility index (Phi) is 3.29. The molecule has 1 heterocycles. The van der Waals surface area contributed by atoms with Crippen LogP contribution in [0.2, 0.25) is 0 Å². The molecular weight excluding hydrogens is 144 g/mol. The van der Waals surface area contributed by atoms with Crippen LogP contribution in [0.3, 0.4) is 0 Å². The molecule has 10 heavy (non-hydrogen) atoms. The van der Waals surface area contributed by atoms with E-state index in [1.54, 1.807) is 0 Å². The molecule has 0 spiro atoms. The highest BCUT2D eigenvalue weighted by atomic mass is 32.1. The van der Waals surface area contributed by atoms with Crippen molar-refractivity contribution in [3.8, 4) is 0 Å². The van der Waals surface area contributed by atoms with Gasteiger partial charge in [0.25, 0.3) is 0 Å². The predicted molar refractivity (Wildman–Crippen MR) is 46.4 cm³/mol. The average Bonchev–Trinajstić information content (AvgIpc) is 1.88. The Labute approximate surface area is 67.8 Å². The third-order valence-electron chi connectivity index (χ3n) is 1.92. The average molecular weight is 158 g/mol. The van der Waals surface area contributed by atoms with Crippen molar-refractivity contribution in [3.63, 3.8) is 0 Å². The van der Waals surface area contributed by atoms with E-state index in [9.17, 15) is 0 Å². The summed E-state index contributed by atoms with van der Waals surface area (Å²) in [6.45, 7) is 3.91. The lowest BCUT2D eigenvalue weighted by molar-refractivity contribution is 0.0685. The van der Waals surface area contributed by atoms with Crippen molar-refractivity contribution in [1.82, 2.24) is 0 Å². The highest BCUT2D eigenvalue weighted by Crippen LogP contribution is 2.18. The van der Waals surface area contributed by atoms with Crippen LogP contribution in [0.1, 0.15) is 26.2 Å². The van der Waals surface area contributed by atoms with E-state index in [0.717, 1.165) is 30.4 Å². The van der Waals surface area contributed by atoms with Gasteiger partial charge in [0.2, 0.25) is 0 Å². The molecule has 0 amide bonds. The monoisotopic (exact) mass is 158 g/mol. The number of hydrogen-bond donors (Lipinski definition) is 0. The molecule has 0 bridgehead atoms. The largest absolute Gasteiger partial charge is 0.381 e. The van der Waals surface area contributed by atoms with Gasteiger partial charge in [0.05, 0.1) is 0 Å². The molecule has 0 aliphatic carbocycles. The molecule has 0 aromatic heterocycles.